The van der Waals surface area contributed by atoms with E-state index in [1.165, 1.54) is 0 Å². The third kappa shape index (κ3) is 4.11. The van der Waals surface area contributed by atoms with Crippen molar-refractivity contribution in [2.75, 3.05) is 18.6 Å². The molecule has 0 aliphatic carbocycles. The molecule has 4 nitrogen and oxygen atoms in total. The average molecular weight is 334 g/mol. The summed E-state index contributed by atoms with van der Waals surface area (Å²) in [5.74, 6) is -0.297. The van der Waals surface area contributed by atoms with Gasteiger partial charge < -0.3 is 9.64 Å². The molecule has 0 atom stereocenters. The fourth-order valence-electron chi connectivity index (χ4n) is 1.95. The lowest BCUT2D eigenvalue weighted by Gasteiger charge is -2.20. The lowest BCUT2D eigenvalue weighted by atomic mass is 10.1. The van der Waals surface area contributed by atoms with Gasteiger partial charge >= 0.3 is 5.97 Å². The summed E-state index contributed by atoms with van der Waals surface area (Å²) in [6, 6.07) is 7.96. The lowest BCUT2D eigenvalue weighted by Crippen LogP contribution is -2.27. The van der Waals surface area contributed by atoms with E-state index in [-0.39, 0.29) is 12.4 Å². The van der Waals surface area contributed by atoms with E-state index in [1.54, 1.807) is 18.3 Å². The van der Waals surface area contributed by atoms with Crippen molar-refractivity contribution in [3.05, 3.63) is 34.7 Å². The maximum atomic E-state index is 11.5. The van der Waals surface area contributed by atoms with E-state index < -0.39 is 0 Å². The number of nitrogens with zero attached hydrogens (tertiary/aromatic N) is 2. The van der Waals surface area contributed by atoms with Crippen molar-refractivity contribution in [2.24, 2.45) is 0 Å². The van der Waals surface area contributed by atoms with Crippen molar-refractivity contribution in [3.63, 3.8) is 0 Å². The first kappa shape index (κ1) is 16.6. The first-order valence-electron chi connectivity index (χ1n) is 6.96. The molecule has 22 heavy (non-hydrogen) atoms. The zero-order valence-electron chi connectivity index (χ0n) is 12.8. The topological polar surface area (TPSA) is 42.4 Å². The fraction of sp³-hybridized carbons (Fsp3) is 0.312. The molecule has 1 heterocycles. The molecular weight excluding hydrogens is 316 g/mol. The first-order valence-corrected chi connectivity index (χ1v) is 8.24. The second-order valence-electron chi connectivity index (χ2n) is 4.73. The molecule has 1 aromatic heterocycles. The minimum Gasteiger partial charge on any atom is -0.466 e. The Morgan fingerprint density at radius 3 is 2.59 bits per heavy atom. The van der Waals surface area contributed by atoms with E-state index >= 15 is 0 Å². The number of benzene rings is 1. The van der Waals surface area contributed by atoms with Gasteiger partial charge in [-0.05, 0) is 26.0 Å². The quantitative estimate of drug-likeness (QED) is 0.614. The summed E-state index contributed by atoms with van der Waals surface area (Å²) in [5, 5.41) is 3.09. The van der Waals surface area contributed by atoms with E-state index in [9.17, 15) is 4.79 Å². The van der Waals surface area contributed by atoms with Crippen molar-refractivity contribution >= 4 is 40.2 Å². The minimum atomic E-state index is -0.297. The van der Waals surface area contributed by atoms with Crippen LogP contribution in [0.15, 0.2) is 29.6 Å². The standard InChI is InChI=1S/C16H18N2O2S2/c1-4-20-16(19)9-15(21)18(3)13-7-5-12(6-8-13)14-10-22-11(2)17-14/h5-8,10H,4,9H2,1-3H3. The van der Waals surface area contributed by atoms with Gasteiger partial charge in [-0.1, -0.05) is 24.4 Å². The number of esters is 1. The van der Waals surface area contributed by atoms with Crippen LogP contribution in [-0.4, -0.2) is 29.6 Å². The summed E-state index contributed by atoms with van der Waals surface area (Å²) in [4.78, 5) is 18.3. The third-order valence-corrected chi connectivity index (χ3v) is 4.34. The highest BCUT2D eigenvalue weighted by molar-refractivity contribution is 7.80. The van der Waals surface area contributed by atoms with Crippen molar-refractivity contribution in [1.82, 2.24) is 4.98 Å². The number of aromatic nitrogens is 1. The van der Waals surface area contributed by atoms with Gasteiger partial charge in [-0.25, -0.2) is 4.98 Å². The van der Waals surface area contributed by atoms with Crippen LogP contribution in [0, 0.1) is 6.92 Å². The second-order valence-corrected chi connectivity index (χ2v) is 6.27. The highest BCUT2D eigenvalue weighted by atomic mass is 32.1. The maximum absolute atomic E-state index is 11.5. The van der Waals surface area contributed by atoms with Crippen LogP contribution in [-0.2, 0) is 9.53 Å². The maximum Gasteiger partial charge on any atom is 0.312 e. The average Bonchev–Trinajstić information content (AvgIpc) is 2.93. The molecule has 2 rings (SSSR count). The van der Waals surface area contributed by atoms with Gasteiger partial charge in [-0.3, -0.25) is 4.79 Å². The van der Waals surface area contributed by atoms with Crippen LogP contribution in [0.25, 0.3) is 11.3 Å². The number of hydrogen-bond acceptors (Lipinski definition) is 5. The Hall–Kier alpha value is -1.79. The molecule has 0 saturated carbocycles. The summed E-state index contributed by atoms with van der Waals surface area (Å²) in [7, 11) is 1.85. The van der Waals surface area contributed by atoms with E-state index in [1.807, 2.05) is 48.5 Å². The smallest absolute Gasteiger partial charge is 0.312 e. The minimum absolute atomic E-state index is 0.118. The summed E-state index contributed by atoms with van der Waals surface area (Å²) >= 11 is 6.93. The number of carbonyl (C=O) groups is 1. The number of carbonyl (C=O) groups excluding carboxylic acids is 1. The molecule has 2 aromatic rings. The molecule has 0 unspecified atom stereocenters. The molecule has 6 heteroatoms. The Kier molecular flexibility index (Phi) is 5.63. The molecule has 0 aliphatic heterocycles. The normalized spacial score (nSPS) is 10.3. The van der Waals surface area contributed by atoms with Crippen LogP contribution in [0.5, 0.6) is 0 Å². The van der Waals surface area contributed by atoms with E-state index in [2.05, 4.69) is 4.98 Å². The zero-order valence-corrected chi connectivity index (χ0v) is 14.5. The number of anilines is 1. The number of ether oxygens (including phenoxy) is 1. The Bertz CT molecular complexity index is 665. The van der Waals surface area contributed by atoms with Gasteiger partial charge in [-0.2, -0.15) is 0 Å². The zero-order chi connectivity index (χ0) is 16.1. The van der Waals surface area contributed by atoms with Gasteiger partial charge in [-0.15, -0.1) is 11.3 Å². The first-order chi connectivity index (χ1) is 10.5. The second kappa shape index (κ2) is 7.47. The van der Waals surface area contributed by atoms with Crippen LogP contribution >= 0.6 is 23.6 Å². The van der Waals surface area contributed by atoms with Crippen molar-refractivity contribution in [1.29, 1.82) is 0 Å². The summed E-state index contributed by atoms with van der Waals surface area (Å²) in [6.45, 7) is 4.14. The Balaban J connectivity index is 2.06. The highest BCUT2D eigenvalue weighted by Gasteiger charge is 2.13. The van der Waals surface area contributed by atoms with Crippen molar-refractivity contribution < 1.29 is 9.53 Å². The van der Waals surface area contributed by atoms with Crippen molar-refractivity contribution in [3.8, 4) is 11.3 Å². The van der Waals surface area contributed by atoms with Crippen LogP contribution in [0.1, 0.15) is 18.4 Å². The van der Waals surface area contributed by atoms with Crippen LogP contribution in [0.2, 0.25) is 0 Å². The molecule has 0 fully saturated rings. The summed E-state index contributed by atoms with van der Waals surface area (Å²) in [5.41, 5.74) is 2.98. The monoisotopic (exact) mass is 334 g/mol. The third-order valence-electron chi connectivity index (χ3n) is 3.14. The molecule has 0 radical (unpaired) electrons. The summed E-state index contributed by atoms with van der Waals surface area (Å²) in [6.07, 6.45) is 0.118. The molecule has 0 bridgehead atoms. The lowest BCUT2D eigenvalue weighted by molar-refractivity contribution is -0.141. The Morgan fingerprint density at radius 1 is 1.36 bits per heavy atom. The van der Waals surface area contributed by atoms with Gasteiger partial charge in [0.2, 0.25) is 0 Å². The van der Waals surface area contributed by atoms with Gasteiger partial charge in [0.15, 0.2) is 0 Å². The molecule has 0 N–H and O–H groups in total. The van der Waals surface area contributed by atoms with Gasteiger partial charge in [0.25, 0.3) is 0 Å². The number of thiazole rings is 1. The number of thiocarbonyl (C=S) groups is 1. The van der Waals surface area contributed by atoms with E-state index in [0.717, 1.165) is 22.0 Å². The molecule has 116 valence electrons. The molecule has 0 saturated heterocycles. The van der Waals surface area contributed by atoms with Crippen LogP contribution < -0.4 is 4.90 Å². The van der Waals surface area contributed by atoms with Gasteiger partial charge in [0, 0.05) is 23.7 Å². The molecule has 1 aromatic carbocycles. The van der Waals surface area contributed by atoms with Crippen molar-refractivity contribution in [2.45, 2.75) is 20.3 Å². The Labute approximate surface area is 139 Å². The molecule has 0 amide bonds. The van der Waals surface area contributed by atoms with Crippen LogP contribution in [0.4, 0.5) is 5.69 Å². The fourth-order valence-corrected chi connectivity index (χ4v) is 2.80. The van der Waals surface area contributed by atoms with E-state index in [4.69, 9.17) is 17.0 Å². The van der Waals surface area contributed by atoms with Gasteiger partial charge in [0.1, 0.15) is 0 Å². The molecular formula is C16H18N2O2S2. The largest absolute Gasteiger partial charge is 0.466 e. The Morgan fingerprint density at radius 2 is 2.05 bits per heavy atom. The number of aryl methyl sites for hydroxylation is 1. The number of rotatable bonds is 5. The van der Waals surface area contributed by atoms with Crippen LogP contribution in [0.3, 0.4) is 0 Å². The molecule has 0 aliphatic rings. The predicted molar refractivity (Wildman–Crippen MR) is 94.5 cm³/mol. The number of hydrogen-bond donors (Lipinski definition) is 0. The van der Waals surface area contributed by atoms with Gasteiger partial charge in [0.05, 0.1) is 28.7 Å². The predicted octanol–water partition coefficient (Wildman–Crippen LogP) is 3.84. The highest BCUT2D eigenvalue weighted by Crippen LogP contribution is 2.24. The SMILES string of the molecule is CCOC(=O)CC(=S)N(C)c1ccc(-c2csc(C)n2)cc1. The molecule has 0 spiro atoms. The summed E-state index contributed by atoms with van der Waals surface area (Å²) < 4.78 is 4.92. The van der Waals surface area contributed by atoms with E-state index in [0.29, 0.717) is 11.6 Å².